The van der Waals surface area contributed by atoms with Gasteiger partial charge in [-0.2, -0.15) is 4.39 Å². The molecule has 0 bridgehead atoms. The van der Waals surface area contributed by atoms with Crippen molar-refractivity contribution in [1.82, 2.24) is 9.38 Å². The quantitative estimate of drug-likeness (QED) is 0.743. The van der Waals surface area contributed by atoms with E-state index in [2.05, 4.69) is 4.98 Å². The van der Waals surface area contributed by atoms with Crippen LogP contribution in [0.5, 0.6) is 0 Å². The zero-order chi connectivity index (χ0) is 17.7. The normalized spacial score (nSPS) is 14.0. The first-order valence-electron chi connectivity index (χ1n) is 8.01. The van der Waals surface area contributed by atoms with Crippen LogP contribution in [0.25, 0.3) is 16.6 Å². The third-order valence-corrected chi connectivity index (χ3v) is 4.70. The second kappa shape index (κ2) is 5.51. The van der Waals surface area contributed by atoms with Crippen LogP contribution < -0.4 is 5.56 Å². The number of halogens is 1. The van der Waals surface area contributed by atoms with Crippen molar-refractivity contribution >= 4 is 11.5 Å². The number of hydrogen-bond acceptors (Lipinski definition) is 3. The molecule has 0 amide bonds. The van der Waals surface area contributed by atoms with Gasteiger partial charge in [0.05, 0.1) is 5.52 Å². The van der Waals surface area contributed by atoms with E-state index < -0.39 is 17.5 Å². The maximum atomic E-state index is 13.5. The van der Waals surface area contributed by atoms with Crippen LogP contribution in [0.15, 0.2) is 41.5 Å². The molecule has 0 atom stereocenters. The number of carbonyl (C=O) groups is 1. The van der Waals surface area contributed by atoms with E-state index in [1.165, 1.54) is 22.7 Å². The van der Waals surface area contributed by atoms with Crippen LogP contribution in [-0.2, 0) is 0 Å². The van der Waals surface area contributed by atoms with E-state index in [0.717, 1.165) is 29.5 Å². The molecule has 1 aliphatic carbocycles. The molecule has 25 heavy (non-hydrogen) atoms. The molecule has 1 saturated carbocycles. The van der Waals surface area contributed by atoms with Crippen molar-refractivity contribution in [1.29, 1.82) is 0 Å². The molecule has 6 heteroatoms. The fraction of sp³-hybridized carbons (Fsp3) is 0.211. The van der Waals surface area contributed by atoms with E-state index in [9.17, 15) is 19.1 Å². The topological polar surface area (TPSA) is 71.7 Å². The third-order valence-electron chi connectivity index (χ3n) is 4.70. The van der Waals surface area contributed by atoms with Crippen LogP contribution in [0, 0.1) is 12.9 Å². The largest absolute Gasteiger partial charge is 0.477 e. The molecular weight excluding hydrogens is 323 g/mol. The summed E-state index contributed by atoms with van der Waals surface area (Å²) in [7, 11) is 0. The third kappa shape index (κ3) is 2.50. The van der Waals surface area contributed by atoms with Crippen LogP contribution in [0.3, 0.4) is 0 Å². The number of nitrogens with zero attached hydrogens (tertiary/aromatic N) is 2. The minimum Gasteiger partial charge on any atom is -0.477 e. The van der Waals surface area contributed by atoms with Gasteiger partial charge >= 0.3 is 5.97 Å². The Balaban J connectivity index is 2.07. The Morgan fingerprint density at radius 3 is 2.72 bits per heavy atom. The van der Waals surface area contributed by atoms with Gasteiger partial charge in [-0.15, -0.1) is 0 Å². The summed E-state index contributed by atoms with van der Waals surface area (Å²) in [4.78, 5) is 27.5. The number of aromatic carboxylic acids is 1. The standard InChI is InChI=1S/C19H15FN2O3/c1-10-13(12-4-6-21-16(20)8-12)5-7-22-17(10)14(11-2-3-11)9-15(18(22)23)19(24)25/h4-9,11H,2-3H2,1H3,(H,24,25). The molecule has 5 nitrogen and oxygen atoms in total. The van der Waals surface area contributed by atoms with Crippen molar-refractivity contribution in [3.8, 4) is 11.1 Å². The van der Waals surface area contributed by atoms with E-state index in [0.29, 0.717) is 11.1 Å². The first-order valence-corrected chi connectivity index (χ1v) is 8.01. The second-order valence-corrected chi connectivity index (χ2v) is 6.34. The Bertz CT molecular complexity index is 1080. The van der Waals surface area contributed by atoms with Gasteiger partial charge in [0.15, 0.2) is 0 Å². The van der Waals surface area contributed by atoms with Gasteiger partial charge in [-0.1, -0.05) is 0 Å². The van der Waals surface area contributed by atoms with Gasteiger partial charge < -0.3 is 5.11 Å². The highest BCUT2D eigenvalue weighted by Crippen LogP contribution is 2.43. The predicted octanol–water partition coefficient (Wildman–Crippen LogP) is 3.38. The molecule has 0 unspecified atom stereocenters. The molecule has 3 aromatic heterocycles. The minimum atomic E-state index is -1.22. The molecule has 0 aliphatic heterocycles. The summed E-state index contributed by atoms with van der Waals surface area (Å²) >= 11 is 0. The molecule has 4 rings (SSSR count). The Morgan fingerprint density at radius 2 is 2.08 bits per heavy atom. The van der Waals surface area contributed by atoms with Crippen LogP contribution in [0.4, 0.5) is 4.39 Å². The van der Waals surface area contributed by atoms with Gasteiger partial charge in [-0.25, -0.2) is 9.78 Å². The number of pyridine rings is 3. The average molecular weight is 338 g/mol. The maximum absolute atomic E-state index is 13.5. The maximum Gasteiger partial charge on any atom is 0.341 e. The Hall–Kier alpha value is -3.02. The number of carboxylic acid groups (broad SMARTS) is 1. The fourth-order valence-electron chi connectivity index (χ4n) is 3.34. The highest BCUT2D eigenvalue weighted by Gasteiger charge is 2.29. The minimum absolute atomic E-state index is 0.221. The zero-order valence-corrected chi connectivity index (χ0v) is 13.5. The van der Waals surface area contributed by atoms with Crippen molar-refractivity contribution in [2.45, 2.75) is 25.7 Å². The number of fused-ring (bicyclic) bond motifs is 1. The lowest BCUT2D eigenvalue weighted by atomic mass is 9.97. The van der Waals surface area contributed by atoms with E-state index in [1.807, 2.05) is 6.92 Å². The van der Waals surface area contributed by atoms with Crippen LogP contribution >= 0.6 is 0 Å². The van der Waals surface area contributed by atoms with Gasteiger partial charge in [0, 0.05) is 18.5 Å². The van der Waals surface area contributed by atoms with Gasteiger partial charge in [-0.3, -0.25) is 9.20 Å². The van der Waals surface area contributed by atoms with Crippen LogP contribution in [-0.4, -0.2) is 20.5 Å². The molecule has 0 aromatic carbocycles. The van der Waals surface area contributed by atoms with Crippen molar-refractivity contribution in [3.05, 3.63) is 69.7 Å². The first-order chi connectivity index (χ1) is 12.0. The summed E-state index contributed by atoms with van der Waals surface area (Å²) in [6, 6.07) is 6.27. The van der Waals surface area contributed by atoms with E-state index in [-0.39, 0.29) is 11.5 Å². The van der Waals surface area contributed by atoms with Crippen molar-refractivity contribution in [3.63, 3.8) is 0 Å². The predicted molar refractivity (Wildman–Crippen MR) is 90.5 cm³/mol. The summed E-state index contributed by atoms with van der Waals surface area (Å²) in [5.41, 5.74) is 3.10. The smallest absolute Gasteiger partial charge is 0.341 e. The van der Waals surface area contributed by atoms with E-state index >= 15 is 0 Å². The molecule has 3 aromatic rings. The molecule has 3 heterocycles. The molecular formula is C19H15FN2O3. The van der Waals surface area contributed by atoms with Crippen molar-refractivity contribution in [2.24, 2.45) is 0 Å². The highest BCUT2D eigenvalue weighted by atomic mass is 19.1. The number of hydrogen-bond donors (Lipinski definition) is 1. The number of aryl methyl sites for hydroxylation is 1. The van der Waals surface area contributed by atoms with E-state index in [1.54, 1.807) is 18.3 Å². The van der Waals surface area contributed by atoms with Gasteiger partial charge in [0.1, 0.15) is 5.56 Å². The molecule has 1 fully saturated rings. The lowest BCUT2D eigenvalue weighted by molar-refractivity contribution is 0.0694. The average Bonchev–Trinajstić information content (AvgIpc) is 3.40. The monoisotopic (exact) mass is 338 g/mol. The molecule has 1 N–H and O–H groups in total. The van der Waals surface area contributed by atoms with Gasteiger partial charge in [0.25, 0.3) is 5.56 Å². The molecule has 0 radical (unpaired) electrons. The molecule has 0 spiro atoms. The summed E-state index contributed by atoms with van der Waals surface area (Å²) in [6.07, 6.45) is 4.91. The molecule has 0 saturated heterocycles. The number of aromatic nitrogens is 2. The van der Waals surface area contributed by atoms with Crippen molar-refractivity contribution in [2.75, 3.05) is 0 Å². The second-order valence-electron chi connectivity index (χ2n) is 6.34. The van der Waals surface area contributed by atoms with Crippen LogP contribution in [0.2, 0.25) is 0 Å². The fourth-order valence-corrected chi connectivity index (χ4v) is 3.34. The summed E-state index contributed by atoms with van der Waals surface area (Å²) in [6.45, 7) is 1.87. The Morgan fingerprint density at radius 1 is 1.32 bits per heavy atom. The van der Waals surface area contributed by atoms with Gasteiger partial charge in [-0.05, 0) is 66.1 Å². The van der Waals surface area contributed by atoms with Crippen molar-refractivity contribution < 1.29 is 14.3 Å². The Labute approximate surface area is 142 Å². The lowest BCUT2D eigenvalue weighted by Gasteiger charge is -2.15. The number of rotatable bonds is 3. The summed E-state index contributed by atoms with van der Waals surface area (Å²) in [5, 5.41) is 9.32. The molecule has 126 valence electrons. The summed E-state index contributed by atoms with van der Waals surface area (Å²) < 4.78 is 14.9. The summed E-state index contributed by atoms with van der Waals surface area (Å²) in [5.74, 6) is -1.53. The van der Waals surface area contributed by atoms with E-state index in [4.69, 9.17) is 0 Å². The number of carboxylic acids is 1. The first kappa shape index (κ1) is 15.5. The van der Waals surface area contributed by atoms with Gasteiger partial charge in [0.2, 0.25) is 5.95 Å². The highest BCUT2D eigenvalue weighted by molar-refractivity contribution is 5.89. The Kier molecular flexibility index (Phi) is 3.42. The van der Waals surface area contributed by atoms with Crippen LogP contribution in [0.1, 0.15) is 40.2 Å². The zero-order valence-electron chi connectivity index (χ0n) is 13.5. The lowest BCUT2D eigenvalue weighted by Crippen LogP contribution is -2.23. The molecule has 1 aliphatic rings. The SMILES string of the molecule is Cc1c(-c2ccnc(F)c2)ccn2c(=O)c(C(=O)O)cc(C3CC3)c12.